The Kier molecular flexibility index (Phi) is 12.1. The zero-order chi connectivity index (χ0) is 17.1. The highest BCUT2D eigenvalue weighted by Crippen LogP contribution is 2.44. The number of unbranched alkanes of at least 4 members (excludes halogenated alkanes) is 1. The summed E-state index contributed by atoms with van der Waals surface area (Å²) in [6.45, 7) is 12.7. The summed E-state index contributed by atoms with van der Waals surface area (Å²) in [5.41, 5.74) is 0. The summed E-state index contributed by atoms with van der Waals surface area (Å²) in [5.74, 6) is 0.423. The molecular formula is C17H35N2O2P. The normalized spacial score (nSPS) is 16.0. The predicted octanol–water partition coefficient (Wildman–Crippen LogP) is 5.23. The number of nitriles is 1. The van der Waals surface area contributed by atoms with Gasteiger partial charge in [0.15, 0.2) is 0 Å². The molecular weight excluding hydrogens is 295 g/mol. The van der Waals surface area contributed by atoms with Crippen molar-refractivity contribution in [2.24, 2.45) is 5.92 Å². The molecule has 0 fully saturated rings. The molecule has 3 unspecified atom stereocenters. The van der Waals surface area contributed by atoms with Crippen molar-refractivity contribution < 1.29 is 9.42 Å². The zero-order valence-electron chi connectivity index (χ0n) is 15.2. The Morgan fingerprint density at radius 3 is 2.14 bits per heavy atom. The molecule has 0 heterocycles. The first kappa shape index (κ1) is 21.8. The van der Waals surface area contributed by atoms with E-state index in [0.29, 0.717) is 18.8 Å². The molecule has 0 aliphatic heterocycles. The molecule has 3 atom stereocenters. The van der Waals surface area contributed by atoms with Gasteiger partial charge in [-0.25, -0.2) is 4.67 Å². The Hall–Kier alpha value is -0.200. The molecule has 0 bridgehead atoms. The van der Waals surface area contributed by atoms with Crippen molar-refractivity contribution in [3.05, 3.63) is 0 Å². The van der Waals surface area contributed by atoms with E-state index in [1.54, 1.807) is 0 Å². The van der Waals surface area contributed by atoms with Gasteiger partial charge in [0, 0.05) is 18.5 Å². The molecule has 0 aliphatic carbocycles. The van der Waals surface area contributed by atoms with E-state index in [4.69, 9.17) is 9.79 Å². The fourth-order valence-electron chi connectivity index (χ4n) is 2.87. The summed E-state index contributed by atoms with van der Waals surface area (Å²) in [4.78, 5) is 10.6. The summed E-state index contributed by atoms with van der Waals surface area (Å²) in [5, 5.41) is 8.89. The van der Waals surface area contributed by atoms with E-state index in [2.05, 4.69) is 47.6 Å². The van der Waals surface area contributed by atoms with Gasteiger partial charge in [0.1, 0.15) is 0 Å². The van der Waals surface area contributed by atoms with Crippen LogP contribution in [0.15, 0.2) is 0 Å². The third kappa shape index (κ3) is 7.88. The minimum Gasteiger partial charge on any atom is -0.338 e. The second-order valence-corrected chi connectivity index (χ2v) is 7.65. The Labute approximate surface area is 138 Å². The second kappa shape index (κ2) is 12.3. The molecule has 0 aromatic carbocycles. The number of rotatable bonds is 12. The lowest BCUT2D eigenvalue weighted by molar-refractivity contribution is 0.0941. The smallest absolute Gasteiger partial charge is 0.256 e. The van der Waals surface area contributed by atoms with Gasteiger partial charge < -0.3 is 9.42 Å². The molecule has 0 aliphatic rings. The van der Waals surface area contributed by atoms with Gasteiger partial charge >= 0.3 is 0 Å². The van der Waals surface area contributed by atoms with Crippen LogP contribution in [0.1, 0.15) is 80.1 Å². The summed E-state index contributed by atoms with van der Waals surface area (Å²) in [6, 6.07) is 2.69. The molecule has 22 heavy (non-hydrogen) atoms. The van der Waals surface area contributed by atoms with E-state index in [1.165, 1.54) is 12.8 Å². The Morgan fingerprint density at radius 1 is 1.14 bits per heavy atom. The van der Waals surface area contributed by atoms with E-state index in [1.807, 2.05) is 4.67 Å². The first-order chi connectivity index (χ1) is 10.4. The third-order valence-corrected chi connectivity index (χ3v) is 5.78. The molecule has 0 rings (SSSR count). The van der Waals surface area contributed by atoms with Crippen molar-refractivity contribution in [2.75, 3.05) is 0 Å². The van der Waals surface area contributed by atoms with Crippen molar-refractivity contribution in [2.45, 2.75) is 98.3 Å². The van der Waals surface area contributed by atoms with E-state index < -0.39 is 8.53 Å². The zero-order valence-corrected chi connectivity index (χ0v) is 16.1. The molecule has 0 spiro atoms. The molecule has 5 heteroatoms. The maximum absolute atomic E-state index is 10.6. The predicted molar refractivity (Wildman–Crippen MR) is 94.3 cm³/mol. The minimum absolute atomic E-state index is 0.0210. The summed E-state index contributed by atoms with van der Waals surface area (Å²) in [6.07, 6.45) is 5.65. The van der Waals surface area contributed by atoms with Gasteiger partial charge in [-0.2, -0.15) is 5.26 Å². The van der Waals surface area contributed by atoms with Crippen LogP contribution >= 0.6 is 8.53 Å². The van der Waals surface area contributed by atoms with Crippen LogP contribution in [0.3, 0.4) is 0 Å². The quantitative estimate of drug-likeness (QED) is 0.498. The van der Waals surface area contributed by atoms with Crippen LogP contribution in [0.25, 0.3) is 0 Å². The molecule has 0 saturated heterocycles. The second-order valence-electron chi connectivity index (χ2n) is 6.47. The number of hydrogen-bond acceptors (Lipinski definition) is 4. The summed E-state index contributed by atoms with van der Waals surface area (Å²) < 4.78 is 8.11. The van der Waals surface area contributed by atoms with Crippen molar-refractivity contribution in [3.8, 4) is 6.07 Å². The topological polar surface area (TPSA) is 56.5 Å². The van der Waals surface area contributed by atoms with Gasteiger partial charge in [-0.15, -0.1) is 0 Å². The van der Waals surface area contributed by atoms with Crippen molar-refractivity contribution in [1.29, 1.82) is 5.26 Å². The average molecular weight is 330 g/mol. The largest absolute Gasteiger partial charge is 0.338 e. The third-order valence-electron chi connectivity index (χ3n) is 4.00. The molecule has 1 N–H and O–H groups in total. The maximum atomic E-state index is 10.6. The lowest BCUT2D eigenvalue weighted by Gasteiger charge is -2.36. The lowest BCUT2D eigenvalue weighted by atomic mass is 9.91. The van der Waals surface area contributed by atoms with Gasteiger partial charge in [-0.3, -0.25) is 0 Å². The molecule has 0 aromatic rings. The molecule has 0 saturated carbocycles. The van der Waals surface area contributed by atoms with Gasteiger partial charge in [0.05, 0.1) is 12.2 Å². The SMILES string of the molecule is CCCCC(CC)C(CCC#N)OP(O)N(C(C)C)C(C)C. The van der Waals surface area contributed by atoms with Gasteiger partial charge in [-0.05, 0) is 46.5 Å². The number of nitrogens with zero attached hydrogens (tertiary/aromatic N) is 2. The molecule has 130 valence electrons. The number of hydrogen-bond donors (Lipinski definition) is 1. The monoisotopic (exact) mass is 330 g/mol. The Morgan fingerprint density at radius 2 is 1.73 bits per heavy atom. The summed E-state index contributed by atoms with van der Waals surface area (Å²) >= 11 is 0. The van der Waals surface area contributed by atoms with Crippen molar-refractivity contribution in [3.63, 3.8) is 0 Å². The lowest BCUT2D eigenvalue weighted by Crippen LogP contribution is -2.35. The first-order valence-electron chi connectivity index (χ1n) is 8.69. The summed E-state index contributed by atoms with van der Waals surface area (Å²) in [7, 11) is -1.61. The standard InChI is InChI=1S/C17H35N2O2P/c1-7-9-11-16(8-2)17(12-10-13-18)21-22(20)19(14(3)4)15(5)6/h14-17,20H,7-12H2,1-6H3. The van der Waals surface area contributed by atoms with Gasteiger partial charge in [-0.1, -0.05) is 33.1 Å². The van der Waals surface area contributed by atoms with E-state index >= 15 is 0 Å². The van der Waals surface area contributed by atoms with Gasteiger partial charge in [0.2, 0.25) is 0 Å². The average Bonchev–Trinajstić information content (AvgIpc) is 2.44. The Bertz CT molecular complexity index is 310. The fraction of sp³-hybridized carbons (Fsp3) is 0.941. The van der Waals surface area contributed by atoms with Crippen LogP contribution in [-0.4, -0.2) is 27.8 Å². The van der Waals surface area contributed by atoms with Crippen LogP contribution in [-0.2, 0) is 4.52 Å². The van der Waals surface area contributed by atoms with Crippen LogP contribution in [0.2, 0.25) is 0 Å². The highest BCUT2D eigenvalue weighted by atomic mass is 31.2. The first-order valence-corrected chi connectivity index (χ1v) is 9.86. The molecule has 0 radical (unpaired) electrons. The van der Waals surface area contributed by atoms with Crippen LogP contribution < -0.4 is 0 Å². The van der Waals surface area contributed by atoms with Gasteiger partial charge in [0.25, 0.3) is 8.53 Å². The van der Waals surface area contributed by atoms with Crippen molar-refractivity contribution in [1.82, 2.24) is 4.67 Å². The fourth-order valence-corrected chi connectivity index (χ4v) is 4.29. The highest BCUT2D eigenvalue weighted by Gasteiger charge is 2.29. The Balaban J connectivity index is 4.90. The van der Waals surface area contributed by atoms with Crippen LogP contribution in [0.4, 0.5) is 0 Å². The minimum atomic E-state index is -1.61. The maximum Gasteiger partial charge on any atom is 0.256 e. The highest BCUT2D eigenvalue weighted by molar-refractivity contribution is 7.43. The van der Waals surface area contributed by atoms with Crippen LogP contribution in [0, 0.1) is 17.2 Å². The molecule has 4 nitrogen and oxygen atoms in total. The van der Waals surface area contributed by atoms with Crippen LogP contribution in [0.5, 0.6) is 0 Å². The van der Waals surface area contributed by atoms with E-state index in [-0.39, 0.29) is 18.2 Å². The van der Waals surface area contributed by atoms with Crippen molar-refractivity contribution >= 4 is 8.53 Å². The van der Waals surface area contributed by atoms with E-state index in [9.17, 15) is 4.89 Å². The molecule has 0 aromatic heterocycles. The van der Waals surface area contributed by atoms with E-state index in [0.717, 1.165) is 12.8 Å². The molecule has 0 amide bonds.